The number of carbonyl (C=O) groups is 2. The van der Waals surface area contributed by atoms with Crippen LogP contribution in [0.3, 0.4) is 0 Å². The van der Waals surface area contributed by atoms with Gasteiger partial charge in [-0.05, 0) is 35.9 Å². The first kappa shape index (κ1) is 15.0. The highest BCUT2D eigenvalue weighted by molar-refractivity contribution is 6.33. The molecule has 0 unspecified atom stereocenters. The maximum atomic E-state index is 13.6. The number of benzene rings is 2. The van der Waals surface area contributed by atoms with Crippen LogP contribution in [0, 0.1) is 5.82 Å². The van der Waals surface area contributed by atoms with Crippen LogP contribution in [0.2, 0.25) is 5.02 Å². The molecule has 2 aromatic carbocycles. The lowest BCUT2D eigenvalue weighted by atomic mass is 10.0. The van der Waals surface area contributed by atoms with E-state index in [4.69, 9.17) is 16.7 Å². The van der Waals surface area contributed by atoms with Gasteiger partial charge in [0.2, 0.25) is 0 Å². The number of halogens is 2. The van der Waals surface area contributed by atoms with Gasteiger partial charge >= 0.3 is 11.9 Å². The van der Waals surface area contributed by atoms with Crippen molar-refractivity contribution in [3.8, 4) is 11.1 Å². The zero-order valence-corrected chi connectivity index (χ0v) is 11.6. The molecule has 2 rings (SSSR count). The number of esters is 1. The number of carboxylic acid groups (broad SMARTS) is 1. The summed E-state index contributed by atoms with van der Waals surface area (Å²) < 4.78 is 18.2. The van der Waals surface area contributed by atoms with Gasteiger partial charge in [-0.1, -0.05) is 17.7 Å². The molecule has 0 bridgehead atoms. The van der Waals surface area contributed by atoms with E-state index >= 15 is 0 Å². The third kappa shape index (κ3) is 3.20. The lowest BCUT2D eigenvalue weighted by Crippen LogP contribution is -2.02. The normalized spacial score (nSPS) is 10.2. The minimum Gasteiger partial charge on any atom is -0.478 e. The van der Waals surface area contributed by atoms with Crippen molar-refractivity contribution in [1.82, 2.24) is 0 Å². The monoisotopic (exact) mass is 308 g/mol. The summed E-state index contributed by atoms with van der Waals surface area (Å²) in [6.45, 7) is 0. The van der Waals surface area contributed by atoms with Gasteiger partial charge in [-0.25, -0.2) is 14.0 Å². The Bertz CT molecular complexity index is 728. The molecule has 0 saturated heterocycles. The van der Waals surface area contributed by atoms with E-state index in [0.717, 1.165) is 6.07 Å². The molecule has 21 heavy (non-hydrogen) atoms. The topological polar surface area (TPSA) is 63.6 Å². The molecule has 2 aromatic rings. The molecule has 108 valence electrons. The predicted octanol–water partition coefficient (Wildman–Crippen LogP) is 3.63. The number of carboxylic acids is 1. The summed E-state index contributed by atoms with van der Waals surface area (Å²) in [5, 5.41) is 9.03. The fourth-order valence-corrected chi connectivity index (χ4v) is 2.15. The quantitative estimate of drug-likeness (QED) is 0.879. The predicted molar refractivity (Wildman–Crippen MR) is 75.1 cm³/mol. The van der Waals surface area contributed by atoms with E-state index in [1.165, 1.54) is 37.4 Å². The van der Waals surface area contributed by atoms with Gasteiger partial charge in [-0.2, -0.15) is 0 Å². The second-order valence-electron chi connectivity index (χ2n) is 4.22. The molecule has 4 nitrogen and oxygen atoms in total. The SMILES string of the molecule is COC(=O)c1cc(F)cc(-c2ccc(C(=O)O)cc2Cl)c1. The van der Waals surface area contributed by atoms with E-state index in [1.807, 2.05) is 0 Å². The Kier molecular flexibility index (Phi) is 4.23. The Labute approximate surface area is 124 Å². The van der Waals surface area contributed by atoms with Crippen LogP contribution in [-0.2, 0) is 4.74 Å². The van der Waals surface area contributed by atoms with Gasteiger partial charge in [-0.3, -0.25) is 0 Å². The second kappa shape index (κ2) is 5.93. The molecule has 1 N–H and O–H groups in total. The number of hydrogen-bond acceptors (Lipinski definition) is 3. The minimum absolute atomic E-state index is 0.0216. The van der Waals surface area contributed by atoms with Crippen molar-refractivity contribution in [2.24, 2.45) is 0 Å². The van der Waals surface area contributed by atoms with E-state index in [2.05, 4.69) is 4.74 Å². The summed E-state index contributed by atoms with van der Waals surface area (Å²) in [6.07, 6.45) is 0. The first-order valence-electron chi connectivity index (χ1n) is 5.84. The van der Waals surface area contributed by atoms with E-state index in [1.54, 1.807) is 0 Å². The van der Waals surface area contributed by atoms with Crippen LogP contribution in [0.5, 0.6) is 0 Å². The highest BCUT2D eigenvalue weighted by atomic mass is 35.5. The summed E-state index contributed by atoms with van der Waals surface area (Å²) in [5.74, 6) is -2.40. The lowest BCUT2D eigenvalue weighted by Gasteiger charge is -2.08. The maximum absolute atomic E-state index is 13.6. The third-order valence-corrected chi connectivity index (χ3v) is 3.16. The molecule has 0 aliphatic heterocycles. The summed E-state index contributed by atoms with van der Waals surface area (Å²) in [5.41, 5.74) is 0.850. The van der Waals surface area contributed by atoms with Gasteiger partial charge in [0.05, 0.1) is 18.2 Å². The molecule has 0 aliphatic rings. The molecule has 0 radical (unpaired) electrons. The fraction of sp³-hybridized carbons (Fsp3) is 0.0667. The molecule has 0 aliphatic carbocycles. The summed E-state index contributed by atoms with van der Waals surface area (Å²) in [4.78, 5) is 22.3. The largest absolute Gasteiger partial charge is 0.478 e. The molecule has 0 aromatic heterocycles. The number of ether oxygens (including phenoxy) is 1. The summed E-state index contributed by atoms with van der Waals surface area (Å²) in [7, 11) is 1.20. The third-order valence-electron chi connectivity index (χ3n) is 2.85. The Morgan fingerprint density at radius 1 is 1.14 bits per heavy atom. The first-order chi connectivity index (χ1) is 9.92. The van der Waals surface area contributed by atoms with E-state index in [0.29, 0.717) is 11.1 Å². The van der Waals surface area contributed by atoms with Gasteiger partial charge in [0.25, 0.3) is 0 Å². The molecule has 0 heterocycles. The molecular formula is C15H10ClFO4. The molecule has 0 atom stereocenters. The minimum atomic E-state index is -1.11. The zero-order chi connectivity index (χ0) is 15.6. The second-order valence-corrected chi connectivity index (χ2v) is 4.63. The van der Waals surface area contributed by atoms with Crippen LogP contribution >= 0.6 is 11.6 Å². The van der Waals surface area contributed by atoms with Crippen molar-refractivity contribution in [2.75, 3.05) is 7.11 Å². The van der Waals surface area contributed by atoms with Crippen LogP contribution in [-0.4, -0.2) is 24.2 Å². The molecule has 0 spiro atoms. The van der Waals surface area contributed by atoms with Crippen LogP contribution in [0.15, 0.2) is 36.4 Å². The van der Waals surface area contributed by atoms with Crippen molar-refractivity contribution >= 4 is 23.5 Å². The summed E-state index contributed by atoms with van der Waals surface area (Å²) >= 11 is 6.02. The van der Waals surface area contributed by atoms with Crippen LogP contribution in [0.25, 0.3) is 11.1 Å². The Balaban J connectivity index is 2.54. The van der Waals surface area contributed by atoms with E-state index in [-0.39, 0.29) is 16.1 Å². The average Bonchev–Trinajstić information content (AvgIpc) is 2.45. The van der Waals surface area contributed by atoms with Crippen molar-refractivity contribution in [2.45, 2.75) is 0 Å². The zero-order valence-electron chi connectivity index (χ0n) is 10.9. The molecular weight excluding hydrogens is 299 g/mol. The average molecular weight is 309 g/mol. The highest BCUT2D eigenvalue weighted by Gasteiger charge is 2.13. The number of hydrogen-bond donors (Lipinski definition) is 1. The van der Waals surface area contributed by atoms with Gasteiger partial charge in [-0.15, -0.1) is 0 Å². The van der Waals surface area contributed by atoms with Gasteiger partial charge < -0.3 is 9.84 Å². The number of methoxy groups -OCH3 is 1. The maximum Gasteiger partial charge on any atom is 0.337 e. The first-order valence-corrected chi connectivity index (χ1v) is 6.22. The number of rotatable bonds is 3. The molecule has 0 amide bonds. The highest BCUT2D eigenvalue weighted by Crippen LogP contribution is 2.30. The molecule has 0 fully saturated rings. The molecule has 6 heteroatoms. The fourth-order valence-electron chi connectivity index (χ4n) is 1.86. The van der Waals surface area contributed by atoms with Crippen molar-refractivity contribution in [3.05, 3.63) is 58.4 Å². The van der Waals surface area contributed by atoms with Crippen molar-refractivity contribution in [3.63, 3.8) is 0 Å². The Morgan fingerprint density at radius 3 is 2.43 bits per heavy atom. The van der Waals surface area contributed by atoms with Crippen LogP contribution in [0.4, 0.5) is 4.39 Å². The Morgan fingerprint density at radius 2 is 1.86 bits per heavy atom. The Hall–Kier alpha value is -2.40. The number of carbonyl (C=O) groups excluding carboxylic acids is 1. The lowest BCUT2D eigenvalue weighted by molar-refractivity contribution is 0.0599. The van der Waals surface area contributed by atoms with Crippen molar-refractivity contribution < 1.29 is 23.8 Å². The summed E-state index contributed by atoms with van der Waals surface area (Å²) in [6, 6.07) is 7.76. The van der Waals surface area contributed by atoms with E-state index in [9.17, 15) is 14.0 Å². The van der Waals surface area contributed by atoms with E-state index < -0.39 is 17.8 Å². The smallest absolute Gasteiger partial charge is 0.337 e. The van der Waals surface area contributed by atoms with Crippen molar-refractivity contribution in [1.29, 1.82) is 0 Å². The van der Waals surface area contributed by atoms with Gasteiger partial charge in [0, 0.05) is 10.6 Å². The molecule has 0 saturated carbocycles. The number of aromatic carboxylic acids is 1. The van der Waals surface area contributed by atoms with Crippen LogP contribution < -0.4 is 0 Å². The van der Waals surface area contributed by atoms with Gasteiger partial charge in [0.15, 0.2) is 0 Å². The van der Waals surface area contributed by atoms with Gasteiger partial charge in [0.1, 0.15) is 5.82 Å². The standard InChI is InChI=1S/C15H10ClFO4/c1-21-15(20)10-4-9(5-11(17)6-10)12-3-2-8(14(18)19)7-13(12)16/h2-7H,1H3,(H,18,19). The van der Waals surface area contributed by atoms with Crippen LogP contribution in [0.1, 0.15) is 20.7 Å².